The number of carbonyl (C=O) groups is 1. The van der Waals surface area contributed by atoms with Crippen molar-refractivity contribution in [2.45, 2.75) is 24.2 Å². The summed E-state index contributed by atoms with van der Waals surface area (Å²) in [6, 6.07) is 6.30. The van der Waals surface area contributed by atoms with Gasteiger partial charge in [-0.25, -0.2) is 4.39 Å². The van der Waals surface area contributed by atoms with E-state index in [9.17, 15) is 9.18 Å². The summed E-state index contributed by atoms with van der Waals surface area (Å²) in [4.78, 5) is 13.6. The van der Waals surface area contributed by atoms with Gasteiger partial charge >= 0.3 is 0 Å². The Kier molecular flexibility index (Phi) is 3.59. The first-order valence-electron chi connectivity index (χ1n) is 5.34. The summed E-state index contributed by atoms with van der Waals surface area (Å²) in [5, 5.41) is 0. The van der Waals surface area contributed by atoms with Gasteiger partial charge in [0.25, 0.3) is 0 Å². The van der Waals surface area contributed by atoms with E-state index in [0.717, 1.165) is 24.9 Å². The van der Waals surface area contributed by atoms with Crippen LogP contribution in [0.5, 0.6) is 0 Å². The smallest absolute Gasteiger partial charge is 0.236 e. The predicted molar refractivity (Wildman–Crippen MR) is 63.8 cm³/mol. The SMILES string of the molecule is O=C1C(Br)CCCN1Cc1ccc(F)cc1. The minimum absolute atomic E-state index is 0.0540. The van der Waals surface area contributed by atoms with Crippen LogP contribution < -0.4 is 0 Å². The molecule has 1 heterocycles. The van der Waals surface area contributed by atoms with E-state index >= 15 is 0 Å². The van der Waals surface area contributed by atoms with Crippen LogP contribution >= 0.6 is 15.9 Å². The third kappa shape index (κ3) is 2.61. The number of piperidine rings is 1. The highest BCUT2D eigenvalue weighted by molar-refractivity contribution is 9.10. The molecule has 1 saturated heterocycles. The number of hydrogen-bond acceptors (Lipinski definition) is 1. The highest BCUT2D eigenvalue weighted by atomic mass is 79.9. The molecule has 1 amide bonds. The van der Waals surface area contributed by atoms with Crippen LogP contribution in [0.25, 0.3) is 0 Å². The zero-order valence-electron chi connectivity index (χ0n) is 8.83. The Morgan fingerprint density at radius 2 is 2.06 bits per heavy atom. The first kappa shape index (κ1) is 11.6. The maximum Gasteiger partial charge on any atom is 0.236 e. The van der Waals surface area contributed by atoms with Crippen molar-refractivity contribution in [2.24, 2.45) is 0 Å². The third-order valence-corrected chi connectivity index (χ3v) is 3.60. The summed E-state index contributed by atoms with van der Waals surface area (Å²) in [7, 11) is 0. The van der Waals surface area contributed by atoms with Crippen molar-refractivity contribution in [2.75, 3.05) is 6.54 Å². The molecule has 1 aromatic carbocycles. The van der Waals surface area contributed by atoms with Crippen LogP contribution in [0.3, 0.4) is 0 Å². The van der Waals surface area contributed by atoms with Crippen LogP contribution in [0.2, 0.25) is 0 Å². The van der Waals surface area contributed by atoms with Gasteiger partial charge in [-0.05, 0) is 30.5 Å². The van der Waals surface area contributed by atoms with E-state index in [2.05, 4.69) is 15.9 Å². The summed E-state index contributed by atoms with van der Waals surface area (Å²) in [5.74, 6) is -0.109. The zero-order valence-corrected chi connectivity index (χ0v) is 10.4. The fourth-order valence-electron chi connectivity index (χ4n) is 1.86. The van der Waals surface area contributed by atoms with Crippen LogP contribution in [0, 0.1) is 5.82 Å². The van der Waals surface area contributed by atoms with Gasteiger partial charge in [0.15, 0.2) is 0 Å². The normalized spacial score (nSPS) is 21.2. The monoisotopic (exact) mass is 285 g/mol. The van der Waals surface area contributed by atoms with Crippen molar-refractivity contribution in [1.82, 2.24) is 4.90 Å². The van der Waals surface area contributed by atoms with E-state index < -0.39 is 0 Å². The molecule has 1 atom stereocenters. The molecule has 1 unspecified atom stereocenters. The number of likely N-dealkylation sites (tertiary alicyclic amines) is 1. The molecule has 1 fully saturated rings. The van der Waals surface area contributed by atoms with Crippen LogP contribution in [0.4, 0.5) is 4.39 Å². The van der Waals surface area contributed by atoms with Crippen molar-refractivity contribution >= 4 is 21.8 Å². The molecule has 1 aliphatic rings. The van der Waals surface area contributed by atoms with Gasteiger partial charge in [0.2, 0.25) is 5.91 Å². The molecule has 2 rings (SSSR count). The van der Waals surface area contributed by atoms with Crippen molar-refractivity contribution in [3.63, 3.8) is 0 Å². The number of nitrogens with zero attached hydrogens (tertiary/aromatic N) is 1. The second kappa shape index (κ2) is 4.95. The van der Waals surface area contributed by atoms with Crippen LogP contribution in [-0.2, 0) is 11.3 Å². The molecular formula is C12H13BrFNO. The van der Waals surface area contributed by atoms with E-state index in [4.69, 9.17) is 0 Å². The van der Waals surface area contributed by atoms with Crippen LogP contribution in [-0.4, -0.2) is 22.2 Å². The van der Waals surface area contributed by atoms with E-state index in [1.165, 1.54) is 12.1 Å². The summed E-state index contributed by atoms with van der Waals surface area (Å²) >= 11 is 3.37. The molecule has 0 radical (unpaired) electrons. The lowest BCUT2D eigenvalue weighted by Crippen LogP contribution is -2.41. The number of alkyl halides is 1. The van der Waals surface area contributed by atoms with E-state index in [1.54, 1.807) is 12.1 Å². The maximum atomic E-state index is 12.7. The van der Waals surface area contributed by atoms with Crippen LogP contribution in [0.1, 0.15) is 18.4 Å². The summed E-state index contributed by atoms with van der Waals surface area (Å²) < 4.78 is 12.7. The molecule has 16 heavy (non-hydrogen) atoms. The molecule has 0 aromatic heterocycles. The summed E-state index contributed by atoms with van der Waals surface area (Å²) in [6.45, 7) is 1.36. The fourth-order valence-corrected chi connectivity index (χ4v) is 2.47. The highest BCUT2D eigenvalue weighted by Crippen LogP contribution is 2.20. The highest BCUT2D eigenvalue weighted by Gasteiger charge is 2.26. The zero-order chi connectivity index (χ0) is 11.5. The van der Waals surface area contributed by atoms with Gasteiger partial charge in [0.05, 0.1) is 4.83 Å². The number of benzene rings is 1. The van der Waals surface area contributed by atoms with Crippen molar-refractivity contribution < 1.29 is 9.18 Å². The predicted octanol–water partition coefficient (Wildman–Crippen LogP) is 2.71. The molecule has 1 aliphatic heterocycles. The van der Waals surface area contributed by atoms with Gasteiger partial charge in [0.1, 0.15) is 5.82 Å². The first-order valence-corrected chi connectivity index (χ1v) is 6.25. The Balaban J connectivity index is 2.03. The second-order valence-corrected chi connectivity index (χ2v) is 5.10. The molecule has 0 aliphatic carbocycles. The average molecular weight is 286 g/mol. The second-order valence-electron chi connectivity index (χ2n) is 4.00. The summed E-state index contributed by atoms with van der Waals surface area (Å²) in [6.07, 6.45) is 1.92. The van der Waals surface area contributed by atoms with Gasteiger partial charge in [-0.2, -0.15) is 0 Å². The lowest BCUT2D eigenvalue weighted by molar-refractivity contribution is -0.133. The molecule has 86 valence electrons. The molecule has 0 N–H and O–H groups in total. The molecule has 0 bridgehead atoms. The Bertz CT molecular complexity index is 379. The Hall–Kier alpha value is -0.900. The number of halogens is 2. The number of carbonyl (C=O) groups excluding carboxylic acids is 1. The van der Waals surface area contributed by atoms with Crippen molar-refractivity contribution in [3.05, 3.63) is 35.6 Å². The lowest BCUT2D eigenvalue weighted by Gasteiger charge is -2.29. The molecule has 1 aromatic rings. The van der Waals surface area contributed by atoms with Gasteiger partial charge in [-0.1, -0.05) is 28.1 Å². The Morgan fingerprint density at radius 3 is 2.75 bits per heavy atom. The average Bonchev–Trinajstić information content (AvgIpc) is 2.28. The quantitative estimate of drug-likeness (QED) is 0.765. The van der Waals surface area contributed by atoms with Gasteiger partial charge in [0, 0.05) is 13.1 Å². The molecule has 4 heteroatoms. The summed E-state index contributed by atoms with van der Waals surface area (Å²) in [5.41, 5.74) is 0.969. The Morgan fingerprint density at radius 1 is 1.38 bits per heavy atom. The molecule has 0 spiro atoms. The third-order valence-electron chi connectivity index (χ3n) is 2.75. The maximum absolute atomic E-state index is 12.7. The van der Waals surface area contributed by atoms with Crippen molar-refractivity contribution in [3.8, 4) is 0 Å². The number of hydrogen-bond donors (Lipinski definition) is 0. The van der Waals surface area contributed by atoms with E-state index in [1.807, 2.05) is 4.90 Å². The Labute approximate surface area is 103 Å². The van der Waals surface area contributed by atoms with Gasteiger partial charge in [-0.3, -0.25) is 4.79 Å². The van der Waals surface area contributed by atoms with E-state index in [0.29, 0.717) is 6.54 Å². The van der Waals surface area contributed by atoms with Crippen molar-refractivity contribution in [1.29, 1.82) is 0 Å². The molecule has 0 saturated carbocycles. The van der Waals surface area contributed by atoms with Gasteiger partial charge in [-0.15, -0.1) is 0 Å². The number of amides is 1. The molecule has 2 nitrogen and oxygen atoms in total. The van der Waals surface area contributed by atoms with Gasteiger partial charge < -0.3 is 4.90 Å². The van der Waals surface area contributed by atoms with E-state index in [-0.39, 0.29) is 16.6 Å². The van der Waals surface area contributed by atoms with Crippen LogP contribution in [0.15, 0.2) is 24.3 Å². The number of rotatable bonds is 2. The standard InChI is InChI=1S/C12H13BrFNO/c13-11-2-1-7-15(12(11)16)8-9-3-5-10(14)6-4-9/h3-6,11H,1-2,7-8H2. The fraction of sp³-hybridized carbons (Fsp3) is 0.417. The minimum atomic E-state index is -0.243. The first-order chi connectivity index (χ1) is 7.66. The minimum Gasteiger partial charge on any atom is -0.337 e. The lowest BCUT2D eigenvalue weighted by atomic mass is 10.1. The largest absolute Gasteiger partial charge is 0.337 e. The topological polar surface area (TPSA) is 20.3 Å². The molecular weight excluding hydrogens is 273 g/mol.